The summed E-state index contributed by atoms with van der Waals surface area (Å²) in [5, 5.41) is 16.9. The molecule has 0 aliphatic carbocycles. The van der Waals surface area contributed by atoms with Crippen LogP contribution in [0.5, 0.6) is 0 Å². The Labute approximate surface area is 178 Å². The molecule has 1 aromatic carbocycles. The Morgan fingerprint density at radius 2 is 0.933 bits per heavy atom. The highest BCUT2D eigenvalue weighted by Gasteiger charge is 2.06. The number of aliphatic hydroxyl groups excluding tert-OH is 2. The van der Waals surface area contributed by atoms with Crippen LogP contribution in [0.3, 0.4) is 0 Å². The van der Waals surface area contributed by atoms with Gasteiger partial charge >= 0.3 is 0 Å². The summed E-state index contributed by atoms with van der Waals surface area (Å²) in [6.07, 6.45) is 0. The zero-order valence-electron chi connectivity index (χ0n) is 17.4. The van der Waals surface area contributed by atoms with Crippen molar-refractivity contribution in [1.29, 1.82) is 0 Å². The Morgan fingerprint density at radius 1 is 0.633 bits per heavy atom. The molecule has 0 heterocycles. The van der Waals surface area contributed by atoms with Gasteiger partial charge in [0.1, 0.15) is 0 Å². The molecule has 1 rings (SSSR count). The Kier molecular flexibility index (Phi) is 19.0. The largest absolute Gasteiger partial charge is 0.394 e. The number of aryl methyl sites for hydroxylation is 1. The van der Waals surface area contributed by atoms with Gasteiger partial charge in [0.2, 0.25) is 0 Å². The topological polar surface area (TPSA) is 141 Å². The standard InChI is InChI=1S/C12H26O7.C7H8O3S/c13-1-3-15-5-7-17-9-11-19-12-10-18-8-6-16-4-2-14;1-6-2-4-7(5-3-6)11(8,9)10/h13-14H,1-12H2;2-5H,1H3,(H,8,9,10). The Morgan fingerprint density at radius 3 is 1.20 bits per heavy atom. The van der Waals surface area contributed by atoms with E-state index in [0.29, 0.717) is 66.1 Å². The molecule has 30 heavy (non-hydrogen) atoms. The van der Waals surface area contributed by atoms with Crippen molar-refractivity contribution in [2.45, 2.75) is 11.8 Å². The van der Waals surface area contributed by atoms with Crippen LogP contribution >= 0.6 is 0 Å². The third kappa shape index (κ3) is 18.9. The Bertz CT molecular complexity index is 576. The molecule has 0 aliphatic rings. The molecule has 0 saturated carbocycles. The molecule has 0 amide bonds. The molecule has 0 fully saturated rings. The van der Waals surface area contributed by atoms with E-state index in [1.165, 1.54) is 12.1 Å². The van der Waals surface area contributed by atoms with Crippen LogP contribution in [0.15, 0.2) is 29.2 Å². The maximum Gasteiger partial charge on any atom is 0.294 e. The van der Waals surface area contributed by atoms with E-state index < -0.39 is 10.1 Å². The molecule has 0 bridgehead atoms. The summed E-state index contributed by atoms with van der Waals surface area (Å²) in [4.78, 5) is -0.0666. The summed E-state index contributed by atoms with van der Waals surface area (Å²) in [6.45, 7) is 6.65. The van der Waals surface area contributed by atoms with Crippen molar-refractivity contribution in [3.63, 3.8) is 0 Å². The van der Waals surface area contributed by atoms with Crippen LogP contribution in [0.2, 0.25) is 0 Å². The van der Waals surface area contributed by atoms with E-state index in [2.05, 4.69) is 0 Å². The monoisotopic (exact) mass is 454 g/mol. The average molecular weight is 455 g/mol. The predicted octanol–water partition coefficient (Wildman–Crippen LogP) is 0.296. The number of aliphatic hydroxyl groups is 2. The van der Waals surface area contributed by atoms with Gasteiger partial charge in [-0.2, -0.15) is 8.42 Å². The molecular weight excluding hydrogens is 420 g/mol. The molecule has 3 N–H and O–H groups in total. The van der Waals surface area contributed by atoms with Crippen LogP contribution < -0.4 is 0 Å². The van der Waals surface area contributed by atoms with Gasteiger partial charge in [-0.3, -0.25) is 4.55 Å². The van der Waals surface area contributed by atoms with Crippen LogP contribution in [0.25, 0.3) is 0 Å². The lowest BCUT2D eigenvalue weighted by atomic mass is 10.2. The molecule has 0 saturated heterocycles. The molecule has 10 nitrogen and oxygen atoms in total. The summed E-state index contributed by atoms with van der Waals surface area (Å²) in [6, 6.07) is 5.99. The summed E-state index contributed by atoms with van der Waals surface area (Å²) >= 11 is 0. The summed E-state index contributed by atoms with van der Waals surface area (Å²) in [5.74, 6) is 0. The predicted molar refractivity (Wildman–Crippen MR) is 109 cm³/mol. The van der Waals surface area contributed by atoms with Gasteiger partial charge in [-0.25, -0.2) is 0 Å². The minimum absolute atomic E-state index is 0.0359. The summed E-state index contributed by atoms with van der Waals surface area (Å²) in [5.41, 5.74) is 0.956. The highest BCUT2D eigenvalue weighted by atomic mass is 32.2. The molecule has 0 unspecified atom stereocenters. The third-order valence-corrected chi connectivity index (χ3v) is 4.15. The van der Waals surface area contributed by atoms with Gasteiger partial charge in [0.05, 0.1) is 84.2 Å². The lowest BCUT2D eigenvalue weighted by Gasteiger charge is -2.07. The molecule has 0 spiro atoms. The normalized spacial score (nSPS) is 11.2. The number of hydrogen-bond donors (Lipinski definition) is 3. The first-order chi connectivity index (χ1) is 14.4. The number of benzene rings is 1. The van der Waals surface area contributed by atoms with E-state index in [4.69, 9.17) is 38.5 Å². The fraction of sp³-hybridized carbons (Fsp3) is 0.684. The quantitative estimate of drug-likeness (QED) is 0.222. The third-order valence-electron chi connectivity index (χ3n) is 3.28. The highest BCUT2D eigenvalue weighted by Crippen LogP contribution is 2.08. The lowest BCUT2D eigenvalue weighted by Crippen LogP contribution is -2.14. The van der Waals surface area contributed by atoms with E-state index in [1.54, 1.807) is 12.1 Å². The van der Waals surface area contributed by atoms with Crippen molar-refractivity contribution in [1.82, 2.24) is 0 Å². The van der Waals surface area contributed by atoms with Crippen LogP contribution in [0.4, 0.5) is 0 Å². The molecule has 0 aliphatic heterocycles. The fourth-order valence-corrected chi connectivity index (χ4v) is 2.30. The summed E-state index contributed by atoms with van der Waals surface area (Å²) < 4.78 is 55.3. The first kappa shape index (κ1) is 28.9. The zero-order valence-corrected chi connectivity index (χ0v) is 18.2. The van der Waals surface area contributed by atoms with Gasteiger partial charge in [0, 0.05) is 0 Å². The number of hydrogen-bond acceptors (Lipinski definition) is 9. The van der Waals surface area contributed by atoms with Gasteiger partial charge in [-0.15, -0.1) is 0 Å². The van der Waals surface area contributed by atoms with Crippen LogP contribution in [-0.2, 0) is 33.8 Å². The second-order valence-corrected chi connectivity index (χ2v) is 7.22. The first-order valence-electron chi connectivity index (χ1n) is 9.56. The molecular formula is C19H34O10S. The van der Waals surface area contributed by atoms with E-state index in [1.807, 2.05) is 6.92 Å². The second kappa shape index (κ2) is 19.8. The molecule has 0 aromatic heterocycles. The molecule has 0 radical (unpaired) electrons. The van der Waals surface area contributed by atoms with Gasteiger partial charge in [0.25, 0.3) is 10.1 Å². The van der Waals surface area contributed by atoms with E-state index in [0.717, 1.165) is 5.56 Å². The second-order valence-electron chi connectivity index (χ2n) is 5.80. The fourth-order valence-electron chi connectivity index (χ4n) is 1.82. The summed E-state index contributed by atoms with van der Waals surface area (Å²) in [7, 11) is -4.02. The zero-order chi connectivity index (χ0) is 22.5. The first-order valence-corrected chi connectivity index (χ1v) is 11.0. The smallest absolute Gasteiger partial charge is 0.294 e. The minimum Gasteiger partial charge on any atom is -0.394 e. The van der Waals surface area contributed by atoms with Crippen molar-refractivity contribution in [2.24, 2.45) is 0 Å². The number of rotatable bonds is 17. The average Bonchev–Trinajstić information content (AvgIpc) is 2.71. The maximum absolute atomic E-state index is 10.5. The minimum atomic E-state index is -4.02. The van der Waals surface area contributed by atoms with Crippen molar-refractivity contribution in [3.8, 4) is 0 Å². The van der Waals surface area contributed by atoms with E-state index in [-0.39, 0.29) is 18.1 Å². The molecule has 1 aromatic rings. The van der Waals surface area contributed by atoms with Gasteiger partial charge in [0.15, 0.2) is 0 Å². The van der Waals surface area contributed by atoms with Gasteiger partial charge in [-0.1, -0.05) is 17.7 Å². The Hall–Kier alpha value is -1.15. The molecule has 11 heteroatoms. The SMILES string of the molecule is Cc1ccc(S(=O)(=O)O)cc1.OCCOCCOCCOCCOCCOCCO. The maximum atomic E-state index is 10.5. The van der Waals surface area contributed by atoms with E-state index in [9.17, 15) is 8.42 Å². The van der Waals surface area contributed by atoms with Crippen molar-refractivity contribution in [3.05, 3.63) is 29.8 Å². The van der Waals surface area contributed by atoms with Crippen LogP contribution in [-0.4, -0.2) is 102 Å². The van der Waals surface area contributed by atoms with E-state index >= 15 is 0 Å². The van der Waals surface area contributed by atoms with Gasteiger partial charge in [-0.05, 0) is 19.1 Å². The van der Waals surface area contributed by atoms with Crippen molar-refractivity contribution < 1.29 is 46.9 Å². The van der Waals surface area contributed by atoms with Crippen molar-refractivity contribution >= 4 is 10.1 Å². The lowest BCUT2D eigenvalue weighted by molar-refractivity contribution is -0.0151. The Balaban J connectivity index is 0.000000642. The van der Waals surface area contributed by atoms with Crippen LogP contribution in [0.1, 0.15) is 5.56 Å². The highest BCUT2D eigenvalue weighted by molar-refractivity contribution is 7.85. The molecule has 0 atom stereocenters. The van der Waals surface area contributed by atoms with Crippen molar-refractivity contribution in [2.75, 3.05) is 79.3 Å². The van der Waals surface area contributed by atoms with Crippen LogP contribution in [0, 0.1) is 6.92 Å². The molecule has 176 valence electrons. The number of ether oxygens (including phenoxy) is 5. The van der Waals surface area contributed by atoms with Gasteiger partial charge < -0.3 is 33.9 Å².